The molecule has 6 heteroatoms. The van der Waals surface area contributed by atoms with Gasteiger partial charge in [-0.2, -0.15) is 5.26 Å². The molecule has 158 valence electrons. The Bertz CT molecular complexity index is 1330. The average Bonchev–Trinajstić information content (AvgIpc) is 3.48. The van der Waals surface area contributed by atoms with Gasteiger partial charge in [0.2, 0.25) is 0 Å². The number of anilines is 1. The molecule has 1 aliphatic heterocycles. The van der Waals surface area contributed by atoms with E-state index >= 15 is 0 Å². The molecule has 4 aromatic rings. The van der Waals surface area contributed by atoms with Crippen LogP contribution in [0.25, 0.3) is 28.2 Å². The fraction of sp³-hybridized carbons (Fsp3) is 0.269. The van der Waals surface area contributed by atoms with Gasteiger partial charge < -0.3 is 10.6 Å². The lowest BCUT2D eigenvalue weighted by atomic mass is 10.1. The average molecular weight is 421 g/mol. The summed E-state index contributed by atoms with van der Waals surface area (Å²) >= 11 is 0. The van der Waals surface area contributed by atoms with Crippen molar-refractivity contribution in [3.8, 4) is 23.1 Å². The van der Waals surface area contributed by atoms with Crippen LogP contribution in [0, 0.1) is 11.3 Å². The fourth-order valence-corrected chi connectivity index (χ4v) is 4.67. The molecule has 1 saturated carbocycles. The number of pyridine rings is 1. The molecular formula is C26H24N6. The van der Waals surface area contributed by atoms with E-state index in [-0.39, 0.29) is 6.04 Å². The molecule has 3 heterocycles. The lowest BCUT2D eigenvalue weighted by molar-refractivity contribution is 0.752. The van der Waals surface area contributed by atoms with Crippen LogP contribution in [0.4, 0.5) is 5.69 Å². The molecule has 6 rings (SSSR count). The van der Waals surface area contributed by atoms with Crippen molar-refractivity contribution in [3.05, 3.63) is 71.9 Å². The van der Waals surface area contributed by atoms with E-state index in [1.54, 1.807) is 0 Å². The van der Waals surface area contributed by atoms with Crippen molar-refractivity contribution in [2.45, 2.75) is 31.2 Å². The van der Waals surface area contributed by atoms with Crippen LogP contribution in [0.3, 0.4) is 0 Å². The van der Waals surface area contributed by atoms with Crippen molar-refractivity contribution in [1.29, 1.82) is 5.26 Å². The standard InChI is InChI=1S/C26H24N6/c27-15-17-1-3-20(4-2-17)25-30-24-23(31-14-12-21(28)16-31)11-13-29-26(24)32(25)22-9-7-19(8-10-22)18-5-6-18/h1-4,7-11,13,18,21H,5-6,12,14,16,28H2/t21-/m1/s1. The first-order chi connectivity index (χ1) is 15.7. The fourth-order valence-electron chi connectivity index (χ4n) is 4.67. The van der Waals surface area contributed by atoms with Gasteiger partial charge in [-0.15, -0.1) is 0 Å². The topological polar surface area (TPSA) is 83.8 Å². The van der Waals surface area contributed by atoms with Crippen molar-refractivity contribution >= 4 is 16.9 Å². The maximum Gasteiger partial charge on any atom is 0.167 e. The second kappa shape index (κ2) is 7.47. The molecule has 0 bridgehead atoms. The highest BCUT2D eigenvalue weighted by Crippen LogP contribution is 2.40. The summed E-state index contributed by atoms with van der Waals surface area (Å²) in [5.41, 5.74) is 13.0. The number of nitrogens with two attached hydrogens (primary N) is 1. The Morgan fingerprint density at radius 2 is 1.75 bits per heavy atom. The smallest absolute Gasteiger partial charge is 0.167 e. The third-order valence-corrected chi connectivity index (χ3v) is 6.56. The molecule has 6 nitrogen and oxygen atoms in total. The predicted molar refractivity (Wildman–Crippen MR) is 126 cm³/mol. The van der Waals surface area contributed by atoms with Crippen LogP contribution < -0.4 is 10.6 Å². The van der Waals surface area contributed by atoms with Gasteiger partial charge in [-0.1, -0.05) is 12.1 Å². The number of imidazole rings is 1. The minimum atomic E-state index is 0.188. The molecule has 2 fully saturated rings. The number of nitriles is 1. The van der Waals surface area contributed by atoms with Crippen LogP contribution >= 0.6 is 0 Å². The van der Waals surface area contributed by atoms with E-state index in [0.717, 1.165) is 53.4 Å². The van der Waals surface area contributed by atoms with Crippen LogP contribution in [-0.4, -0.2) is 33.7 Å². The number of rotatable bonds is 4. The van der Waals surface area contributed by atoms with E-state index in [1.807, 2.05) is 36.5 Å². The Morgan fingerprint density at radius 3 is 2.41 bits per heavy atom. The maximum atomic E-state index is 9.20. The van der Waals surface area contributed by atoms with Gasteiger partial charge in [0.1, 0.15) is 11.3 Å². The summed E-state index contributed by atoms with van der Waals surface area (Å²) in [6.07, 6.45) is 5.41. The quantitative estimate of drug-likeness (QED) is 0.530. The van der Waals surface area contributed by atoms with Crippen LogP contribution in [-0.2, 0) is 0 Å². The first kappa shape index (κ1) is 19.0. The summed E-state index contributed by atoms with van der Waals surface area (Å²) in [5, 5.41) is 9.20. The summed E-state index contributed by atoms with van der Waals surface area (Å²) < 4.78 is 2.13. The molecule has 1 aliphatic carbocycles. The zero-order valence-corrected chi connectivity index (χ0v) is 17.8. The van der Waals surface area contributed by atoms with E-state index in [2.05, 4.69) is 39.8 Å². The van der Waals surface area contributed by atoms with Crippen molar-refractivity contribution in [2.75, 3.05) is 18.0 Å². The Hall–Kier alpha value is -3.69. The largest absolute Gasteiger partial charge is 0.368 e. The van der Waals surface area contributed by atoms with Crippen LogP contribution in [0.1, 0.15) is 36.3 Å². The van der Waals surface area contributed by atoms with E-state index in [9.17, 15) is 5.26 Å². The number of nitrogens with zero attached hydrogens (tertiary/aromatic N) is 5. The van der Waals surface area contributed by atoms with Gasteiger partial charge in [-0.25, -0.2) is 9.97 Å². The van der Waals surface area contributed by atoms with Crippen molar-refractivity contribution in [1.82, 2.24) is 14.5 Å². The normalized spacial score (nSPS) is 18.2. The van der Waals surface area contributed by atoms with Gasteiger partial charge in [-0.3, -0.25) is 4.57 Å². The molecule has 2 aromatic carbocycles. The minimum Gasteiger partial charge on any atom is -0.368 e. The summed E-state index contributed by atoms with van der Waals surface area (Å²) in [6, 6.07) is 20.8. The van der Waals surface area contributed by atoms with Gasteiger partial charge in [0, 0.05) is 36.6 Å². The van der Waals surface area contributed by atoms with E-state index in [4.69, 9.17) is 15.7 Å². The van der Waals surface area contributed by atoms with Gasteiger partial charge in [0.05, 0.1) is 17.3 Å². The molecule has 0 amide bonds. The number of aromatic nitrogens is 3. The summed E-state index contributed by atoms with van der Waals surface area (Å²) in [6.45, 7) is 1.75. The minimum absolute atomic E-state index is 0.188. The SMILES string of the molecule is N#Cc1ccc(-c2nc3c(N4CC[C@@H](N)C4)ccnc3n2-c2ccc(C3CC3)cc2)cc1. The van der Waals surface area contributed by atoms with Crippen LogP contribution in [0.5, 0.6) is 0 Å². The number of hydrogen-bond donors (Lipinski definition) is 1. The summed E-state index contributed by atoms with van der Waals surface area (Å²) in [7, 11) is 0. The zero-order valence-electron chi connectivity index (χ0n) is 17.8. The number of fused-ring (bicyclic) bond motifs is 1. The van der Waals surface area contributed by atoms with Crippen molar-refractivity contribution in [2.24, 2.45) is 5.73 Å². The van der Waals surface area contributed by atoms with Gasteiger partial charge in [0.15, 0.2) is 5.65 Å². The van der Waals surface area contributed by atoms with Gasteiger partial charge in [-0.05, 0) is 73.2 Å². The third kappa shape index (κ3) is 3.22. The molecule has 1 atom stereocenters. The van der Waals surface area contributed by atoms with E-state index in [0.29, 0.717) is 11.5 Å². The molecule has 2 aliphatic rings. The maximum absolute atomic E-state index is 9.20. The Labute approximate surface area is 186 Å². The Balaban J connectivity index is 1.55. The molecule has 1 saturated heterocycles. The van der Waals surface area contributed by atoms with Crippen molar-refractivity contribution < 1.29 is 0 Å². The molecule has 32 heavy (non-hydrogen) atoms. The van der Waals surface area contributed by atoms with Gasteiger partial charge in [0.25, 0.3) is 0 Å². The lowest BCUT2D eigenvalue weighted by Gasteiger charge is -2.18. The molecule has 0 unspecified atom stereocenters. The zero-order chi connectivity index (χ0) is 21.7. The van der Waals surface area contributed by atoms with Crippen molar-refractivity contribution in [3.63, 3.8) is 0 Å². The molecular weight excluding hydrogens is 396 g/mol. The number of hydrogen-bond acceptors (Lipinski definition) is 5. The van der Waals surface area contributed by atoms with Crippen LogP contribution in [0.15, 0.2) is 60.8 Å². The predicted octanol–water partition coefficient (Wildman–Crippen LogP) is 4.37. The lowest BCUT2D eigenvalue weighted by Crippen LogP contribution is -2.26. The number of benzene rings is 2. The third-order valence-electron chi connectivity index (χ3n) is 6.56. The highest BCUT2D eigenvalue weighted by molar-refractivity contribution is 5.90. The summed E-state index contributed by atoms with van der Waals surface area (Å²) in [5.74, 6) is 1.54. The molecule has 0 radical (unpaired) electrons. The van der Waals surface area contributed by atoms with E-state index < -0.39 is 0 Å². The monoisotopic (exact) mass is 420 g/mol. The first-order valence-electron chi connectivity index (χ1n) is 11.2. The molecule has 2 aromatic heterocycles. The van der Waals surface area contributed by atoms with Crippen LogP contribution in [0.2, 0.25) is 0 Å². The highest BCUT2D eigenvalue weighted by atomic mass is 15.2. The van der Waals surface area contributed by atoms with Gasteiger partial charge >= 0.3 is 0 Å². The van der Waals surface area contributed by atoms with E-state index in [1.165, 1.54) is 18.4 Å². The second-order valence-electron chi connectivity index (χ2n) is 8.82. The first-order valence-corrected chi connectivity index (χ1v) is 11.2. The Morgan fingerprint density at radius 1 is 0.969 bits per heavy atom. The second-order valence-corrected chi connectivity index (χ2v) is 8.82. The Kier molecular flexibility index (Phi) is 4.44. The molecule has 2 N–H and O–H groups in total. The summed E-state index contributed by atoms with van der Waals surface area (Å²) in [4.78, 5) is 12.1. The molecule has 0 spiro atoms. The highest BCUT2D eigenvalue weighted by Gasteiger charge is 2.26.